The van der Waals surface area contributed by atoms with Gasteiger partial charge >= 0.3 is 0 Å². The van der Waals surface area contributed by atoms with Crippen LogP contribution >= 0.6 is 0 Å². The average Bonchev–Trinajstić information content (AvgIpc) is 1.92. The van der Waals surface area contributed by atoms with E-state index in [1.165, 1.54) is 31.6 Å². The largest absolute Gasteiger partial charge is 0.383 e. The Balaban J connectivity index is 0.897. The highest BCUT2D eigenvalue weighted by Crippen LogP contribution is 2.24. The SMILES string of the molecule is NCCCC[C@@H](NC(=O)C[C@@H](Cn1ccc2c(N)ncnc21)NC(=O)C[C@@H](Cn1ccc2c(N)ncnc21)NC(=O)C[C@@H](Cn1ccc2c(N)ncnc21)NC(=O)C[C@@H](Cn1ccc2c(N)ncnc21)NC(=O)C[C@H](N)Cn1ccc2c(N)ncnc21)C(N)=O. The van der Waals surface area contributed by atoms with Crippen LogP contribution in [0.15, 0.2) is 93.0 Å². The summed E-state index contributed by atoms with van der Waals surface area (Å²) in [7, 11) is 0. The van der Waals surface area contributed by atoms with E-state index in [2.05, 4.69) is 76.4 Å². The number of aromatic nitrogens is 15. The first kappa shape index (κ1) is 61.9. The van der Waals surface area contributed by atoms with E-state index in [0.29, 0.717) is 80.4 Å². The van der Waals surface area contributed by atoms with Crippen LogP contribution in [0.1, 0.15) is 51.4 Å². The minimum atomic E-state index is -0.996. The second-order valence-electron chi connectivity index (χ2n) is 22.0. The van der Waals surface area contributed by atoms with Crippen molar-refractivity contribution in [3.05, 3.63) is 93.0 Å². The molecule has 10 aromatic heterocycles. The minimum Gasteiger partial charge on any atom is -0.383 e. The fourth-order valence-corrected chi connectivity index (χ4v) is 11.1. The van der Waals surface area contributed by atoms with Gasteiger partial charge in [-0.05, 0) is 56.1 Å². The molecule has 0 saturated carbocycles. The lowest BCUT2D eigenvalue weighted by atomic mass is 10.1. The third-order valence-electron chi connectivity index (χ3n) is 15.3. The molecule has 470 valence electrons. The van der Waals surface area contributed by atoms with E-state index in [4.69, 9.17) is 45.9 Å². The normalized spacial score (nSPS) is 13.7. The lowest BCUT2D eigenvalue weighted by molar-refractivity contribution is -0.128. The molecular formula is C56H70N28O6. The first-order chi connectivity index (χ1) is 43.4. The maximum atomic E-state index is 14.8. The molecule has 0 aliphatic carbocycles. The number of nitrogens with two attached hydrogens (primary N) is 8. The number of fused-ring (bicyclic) bond motifs is 5. The van der Waals surface area contributed by atoms with E-state index < -0.39 is 71.7 Å². The number of unbranched alkanes of at least 4 members (excludes halogenated alkanes) is 1. The molecule has 0 spiro atoms. The van der Waals surface area contributed by atoms with E-state index in [0.717, 1.165) is 0 Å². The Hall–Kier alpha value is -11.2. The van der Waals surface area contributed by atoms with Gasteiger partial charge in [0, 0.05) is 102 Å². The molecule has 21 N–H and O–H groups in total. The van der Waals surface area contributed by atoms with Gasteiger partial charge in [-0.1, -0.05) is 0 Å². The second kappa shape index (κ2) is 27.7. The zero-order chi connectivity index (χ0) is 63.6. The zero-order valence-corrected chi connectivity index (χ0v) is 48.8. The standard InChI is InChI=1S/C56H70N28O6/c57-9-2-1-3-40(51(64)90)79-45(89)19-34(24-84-14-8-39-50(63)69-29-74-56(39)84)78-44(88)18-33(23-83-13-7-38-49(62)68-28-73-55(38)83)77-43(87)17-32(22-82-12-6-37-48(61)67-27-72-54(37)82)76-42(86)16-31(21-81-11-5-36-47(60)66-26-71-53(36)81)75-41(85)15-30(58)20-80-10-4-35-46(59)65-25-70-52(35)80/h4-8,10-14,25-34,40H,1-3,9,15-24,57-58H2,(H2,64,90)(H,75,85)(H,76,86)(H,77,87)(H,78,88)(H,79,89)(H2,59,65,70)(H2,60,66,71)(H2,61,67,72)(H2,62,68,73)(H2,63,69,74)/t30-,31-,32-,33-,34-,40+/m0/s1. The van der Waals surface area contributed by atoms with Crippen LogP contribution < -0.4 is 72.5 Å². The van der Waals surface area contributed by atoms with E-state index in [1.807, 2.05) is 0 Å². The van der Waals surface area contributed by atoms with Crippen molar-refractivity contribution in [2.75, 3.05) is 35.2 Å². The Labute approximate surface area is 511 Å². The minimum absolute atomic E-state index is 0.0105. The number of carbonyl (C=O) groups excluding carboxylic acids is 6. The van der Waals surface area contributed by atoms with Gasteiger partial charge in [0.15, 0.2) is 0 Å². The molecule has 0 aliphatic heterocycles. The molecule has 0 aliphatic rings. The second-order valence-corrected chi connectivity index (χ2v) is 22.0. The van der Waals surface area contributed by atoms with Gasteiger partial charge < -0.3 is 95.3 Å². The third-order valence-corrected chi connectivity index (χ3v) is 15.3. The Morgan fingerprint density at radius 1 is 0.378 bits per heavy atom. The van der Waals surface area contributed by atoms with Crippen molar-refractivity contribution in [3.8, 4) is 0 Å². The molecule has 0 saturated heterocycles. The number of nitrogens with zero attached hydrogens (tertiary/aromatic N) is 15. The molecule has 0 bridgehead atoms. The van der Waals surface area contributed by atoms with Crippen LogP contribution in [0.2, 0.25) is 0 Å². The van der Waals surface area contributed by atoms with E-state index in [9.17, 15) is 28.8 Å². The summed E-state index contributed by atoms with van der Waals surface area (Å²) in [4.78, 5) is 127. The fourth-order valence-electron chi connectivity index (χ4n) is 11.1. The lowest BCUT2D eigenvalue weighted by Crippen LogP contribution is -2.49. The summed E-state index contributed by atoms with van der Waals surface area (Å²) in [5.41, 5.74) is 51.1. The summed E-state index contributed by atoms with van der Waals surface area (Å²) < 4.78 is 8.65. The summed E-state index contributed by atoms with van der Waals surface area (Å²) in [6.07, 6.45) is 15.0. The molecule has 10 heterocycles. The Morgan fingerprint density at radius 3 is 0.922 bits per heavy atom. The highest BCUT2D eigenvalue weighted by Gasteiger charge is 2.29. The number of rotatable bonds is 30. The maximum Gasteiger partial charge on any atom is 0.239 e. The zero-order valence-electron chi connectivity index (χ0n) is 48.8. The monoisotopic (exact) mass is 1230 g/mol. The number of nitrogens with one attached hydrogen (secondary N) is 5. The predicted octanol–water partition coefficient (Wildman–Crippen LogP) is -1.56. The first-order valence-electron chi connectivity index (χ1n) is 28.9. The van der Waals surface area contributed by atoms with Crippen LogP contribution in [0.3, 0.4) is 0 Å². The van der Waals surface area contributed by atoms with E-state index in [-0.39, 0.29) is 94.5 Å². The van der Waals surface area contributed by atoms with Crippen molar-refractivity contribution < 1.29 is 28.8 Å². The predicted molar refractivity (Wildman–Crippen MR) is 333 cm³/mol. The highest BCUT2D eigenvalue weighted by molar-refractivity contribution is 5.91. The molecule has 0 aromatic carbocycles. The van der Waals surface area contributed by atoms with Gasteiger partial charge in [-0.2, -0.15) is 0 Å². The summed E-state index contributed by atoms with van der Waals surface area (Å²) in [6, 6.07) is 3.15. The number of nitrogen functional groups attached to an aromatic ring is 5. The van der Waals surface area contributed by atoms with E-state index in [1.54, 1.807) is 84.2 Å². The summed E-state index contributed by atoms with van der Waals surface area (Å²) in [5, 5.41) is 17.5. The summed E-state index contributed by atoms with van der Waals surface area (Å²) >= 11 is 0. The third kappa shape index (κ3) is 14.8. The van der Waals surface area contributed by atoms with E-state index >= 15 is 0 Å². The fraction of sp³-hybridized carbons (Fsp3) is 0.357. The molecule has 0 unspecified atom stereocenters. The number of amides is 6. The van der Waals surface area contributed by atoms with Crippen molar-refractivity contribution in [1.29, 1.82) is 0 Å². The molecule has 0 radical (unpaired) electrons. The van der Waals surface area contributed by atoms with Crippen LogP contribution in [-0.4, -0.2) is 151 Å². The molecule has 90 heavy (non-hydrogen) atoms. The summed E-state index contributed by atoms with van der Waals surface area (Å²) in [5.74, 6) is -2.31. The Morgan fingerprint density at radius 2 is 0.644 bits per heavy atom. The number of primary amides is 1. The van der Waals surface area contributed by atoms with Crippen LogP contribution in [-0.2, 0) is 61.5 Å². The Kier molecular flexibility index (Phi) is 19.0. The van der Waals surface area contributed by atoms with Gasteiger partial charge in [0.2, 0.25) is 35.4 Å². The molecule has 10 rings (SSSR count). The highest BCUT2D eigenvalue weighted by atomic mass is 16.2. The summed E-state index contributed by atoms with van der Waals surface area (Å²) in [6.45, 7) is 0.602. The molecule has 6 amide bonds. The first-order valence-corrected chi connectivity index (χ1v) is 28.9. The van der Waals surface area contributed by atoms with Gasteiger partial charge in [-0.25, -0.2) is 49.8 Å². The Bertz CT molecular complexity index is 4250. The van der Waals surface area contributed by atoms with Gasteiger partial charge in [0.1, 0.15) is 95.0 Å². The van der Waals surface area contributed by atoms with Crippen molar-refractivity contribution >= 4 is 120 Å². The molecule has 34 heteroatoms. The number of hydrogen-bond donors (Lipinski definition) is 13. The lowest BCUT2D eigenvalue weighted by Gasteiger charge is -2.26. The van der Waals surface area contributed by atoms with Crippen LogP contribution in [0.4, 0.5) is 29.1 Å². The van der Waals surface area contributed by atoms with Crippen molar-refractivity contribution in [1.82, 2.24) is 99.3 Å². The van der Waals surface area contributed by atoms with Crippen molar-refractivity contribution in [2.45, 2.75) is 120 Å². The molecular weight excluding hydrogens is 1160 g/mol. The number of carbonyl (C=O) groups is 6. The van der Waals surface area contributed by atoms with Gasteiger partial charge in [0.25, 0.3) is 0 Å². The molecule has 6 atom stereocenters. The average molecular weight is 1230 g/mol. The van der Waals surface area contributed by atoms with Gasteiger partial charge in [-0.3, -0.25) is 28.8 Å². The van der Waals surface area contributed by atoms with Crippen LogP contribution in [0.25, 0.3) is 55.2 Å². The van der Waals surface area contributed by atoms with Crippen LogP contribution in [0.5, 0.6) is 0 Å². The van der Waals surface area contributed by atoms with Gasteiger partial charge in [-0.15, -0.1) is 0 Å². The molecule has 34 nitrogen and oxygen atoms in total. The quantitative estimate of drug-likeness (QED) is 0.0226. The van der Waals surface area contributed by atoms with Crippen LogP contribution in [0, 0.1) is 0 Å². The molecule has 10 aromatic rings. The maximum absolute atomic E-state index is 14.8. The van der Waals surface area contributed by atoms with Crippen molar-refractivity contribution in [2.24, 2.45) is 17.2 Å². The number of anilines is 5. The van der Waals surface area contributed by atoms with Crippen molar-refractivity contribution in [3.63, 3.8) is 0 Å². The molecule has 0 fully saturated rings. The topological polar surface area (TPSA) is 524 Å². The smallest absolute Gasteiger partial charge is 0.239 e. The van der Waals surface area contributed by atoms with Gasteiger partial charge in [0.05, 0.1) is 51.1 Å². The number of hydrogen-bond acceptors (Lipinski definition) is 23.